The summed E-state index contributed by atoms with van der Waals surface area (Å²) in [6.45, 7) is 5.68. The summed E-state index contributed by atoms with van der Waals surface area (Å²) in [6, 6.07) is 10.6. The van der Waals surface area contributed by atoms with Gasteiger partial charge >= 0.3 is 0 Å². The van der Waals surface area contributed by atoms with Gasteiger partial charge in [0.25, 0.3) is 15.7 Å². The Hall–Kier alpha value is -2.61. The first-order valence-corrected chi connectivity index (χ1v) is 9.26. The molecule has 0 fully saturated rings. The molecule has 0 saturated heterocycles. The Morgan fingerprint density at radius 2 is 1.84 bits per heavy atom. The van der Waals surface area contributed by atoms with Gasteiger partial charge in [-0.3, -0.25) is 14.4 Å². The molecule has 0 unspecified atom stereocenters. The molecule has 0 aliphatic heterocycles. The highest BCUT2D eigenvalue weighted by Crippen LogP contribution is 2.34. The van der Waals surface area contributed by atoms with Crippen molar-refractivity contribution in [1.82, 2.24) is 0 Å². The van der Waals surface area contributed by atoms with Gasteiger partial charge in [-0.05, 0) is 38.5 Å². The van der Waals surface area contributed by atoms with Crippen molar-refractivity contribution < 1.29 is 18.1 Å². The number of hydrogen-bond donors (Lipinski definition) is 0. The number of ether oxygens (including phenoxy) is 1. The van der Waals surface area contributed by atoms with Gasteiger partial charge in [-0.25, -0.2) is 8.42 Å². The van der Waals surface area contributed by atoms with Gasteiger partial charge in [0.2, 0.25) is 0 Å². The number of aryl methyl sites for hydroxylation is 1. The highest BCUT2D eigenvalue weighted by atomic mass is 32.2. The molecule has 0 aromatic heterocycles. The third-order valence-electron chi connectivity index (χ3n) is 3.67. The standard InChI is InChI=1S/C17H20N2O5S/c1-4-18(15-8-6-7-9-16(15)24-5-2)25(22,23)17-12-14(19(20)21)11-10-13(17)3/h6-12H,4-5H2,1-3H3. The van der Waals surface area contributed by atoms with E-state index in [4.69, 9.17) is 4.74 Å². The number of para-hydroxylation sites is 2. The molecule has 25 heavy (non-hydrogen) atoms. The average molecular weight is 364 g/mol. The second-order valence-corrected chi connectivity index (χ2v) is 7.11. The van der Waals surface area contributed by atoms with Crippen LogP contribution in [-0.2, 0) is 10.0 Å². The van der Waals surface area contributed by atoms with Crippen LogP contribution in [0.15, 0.2) is 47.4 Å². The lowest BCUT2D eigenvalue weighted by Gasteiger charge is -2.25. The van der Waals surface area contributed by atoms with Crippen LogP contribution in [0.3, 0.4) is 0 Å². The lowest BCUT2D eigenvalue weighted by Crippen LogP contribution is -2.31. The fraction of sp³-hybridized carbons (Fsp3) is 0.294. The third kappa shape index (κ3) is 3.74. The number of rotatable bonds is 7. The first-order chi connectivity index (χ1) is 11.8. The minimum Gasteiger partial charge on any atom is -0.492 e. The smallest absolute Gasteiger partial charge is 0.270 e. The van der Waals surface area contributed by atoms with E-state index in [9.17, 15) is 18.5 Å². The van der Waals surface area contributed by atoms with E-state index in [0.29, 0.717) is 23.6 Å². The summed E-state index contributed by atoms with van der Waals surface area (Å²) in [5, 5.41) is 11.0. The van der Waals surface area contributed by atoms with Crippen LogP contribution in [0.5, 0.6) is 5.75 Å². The zero-order valence-corrected chi connectivity index (χ0v) is 15.1. The molecule has 134 valence electrons. The Morgan fingerprint density at radius 1 is 1.16 bits per heavy atom. The van der Waals surface area contributed by atoms with Gasteiger partial charge in [0.15, 0.2) is 0 Å². The molecule has 0 spiro atoms. The number of hydrogen-bond acceptors (Lipinski definition) is 5. The molecule has 0 atom stereocenters. The van der Waals surface area contributed by atoms with E-state index >= 15 is 0 Å². The molecule has 7 nitrogen and oxygen atoms in total. The first-order valence-electron chi connectivity index (χ1n) is 7.82. The fourth-order valence-electron chi connectivity index (χ4n) is 2.51. The number of nitrogens with zero attached hydrogens (tertiary/aromatic N) is 2. The molecule has 0 aliphatic carbocycles. The van der Waals surface area contributed by atoms with Gasteiger partial charge in [-0.15, -0.1) is 0 Å². The zero-order valence-electron chi connectivity index (χ0n) is 14.3. The highest BCUT2D eigenvalue weighted by Gasteiger charge is 2.29. The molecule has 0 bridgehead atoms. The summed E-state index contributed by atoms with van der Waals surface area (Å²) < 4.78 is 33.1. The summed E-state index contributed by atoms with van der Waals surface area (Å²) in [6.07, 6.45) is 0. The molecule has 0 radical (unpaired) electrons. The number of benzene rings is 2. The Kier molecular flexibility index (Phi) is 5.63. The van der Waals surface area contributed by atoms with Crippen LogP contribution in [0.2, 0.25) is 0 Å². The fourth-order valence-corrected chi connectivity index (χ4v) is 4.24. The molecule has 0 N–H and O–H groups in total. The van der Waals surface area contributed by atoms with Crippen LogP contribution in [-0.4, -0.2) is 26.5 Å². The minimum absolute atomic E-state index is 0.0881. The van der Waals surface area contributed by atoms with Crippen molar-refractivity contribution in [1.29, 1.82) is 0 Å². The number of anilines is 1. The van der Waals surface area contributed by atoms with Crippen molar-refractivity contribution in [2.45, 2.75) is 25.7 Å². The summed E-state index contributed by atoms with van der Waals surface area (Å²) in [7, 11) is -3.98. The molecule has 2 rings (SSSR count). The first kappa shape index (κ1) is 18.7. The van der Waals surface area contributed by atoms with Gasteiger partial charge < -0.3 is 4.74 Å². The molecule has 8 heteroatoms. The highest BCUT2D eigenvalue weighted by molar-refractivity contribution is 7.92. The van der Waals surface area contributed by atoms with Crippen LogP contribution < -0.4 is 9.04 Å². The zero-order chi connectivity index (χ0) is 18.6. The van der Waals surface area contributed by atoms with Crippen molar-refractivity contribution in [2.24, 2.45) is 0 Å². The van der Waals surface area contributed by atoms with Crippen LogP contribution in [0.1, 0.15) is 19.4 Å². The maximum Gasteiger partial charge on any atom is 0.270 e. The molecule has 2 aromatic rings. The molecule has 0 heterocycles. The summed E-state index contributed by atoms with van der Waals surface area (Å²) in [5.41, 5.74) is 0.578. The van der Waals surface area contributed by atoms with Crippen LogP contribution in [0, 0.1) is 17.0 Å². The lowest BCUT2D eigenvalue weighted by atomic mass is 10.2. The van der Waals surface area contributed by atoms with Crippen molar-refractivity contribution in [3.8, 4) is 5.75 Å². The second-order valence-electron chi connectivity index (χ2n) is 5.28. The largest absolute Gasteiger partial charge is 0.492 e. The van der Waals surface area contributed by atoms with Crippen molar-refractivity contribution >= 4 is 21.4 Å². The van der Waals surface area contributed by atoms with Crippen molar-refractivity contribution in [2.75, 3.05) is 17.5 Å². The van der Waals surface area contributed by atoms with E-state index in [1.807, 2.05) is 6.92 Å². The van der Waals surface area contributed by atoms with E-state index in [1.165, 1.54) is 16.4 Å². The molecule has 0 amide bonds. The number of non-ortho nitro benzene ring substituents is 1. The SMILES string of the molecule is CCOc1ccccc1N(CC)S(=O)(=O)c1cc([N+](=O)[O-])ccc1C. The van der Waals surface area contributed by atoms with Crippen LogP contribution in [0.25, 0.3) is 0 Å². The maximum atomic E-state index is 13.2. The molecule has 2 aromatic carbocycles. The average Bonchev–Trinajstić information content (AvgIpc) is 2.57. The van der Waals surface area contributed by atoms with Crippen LogP contribution >= 0.6 is 0 Å². The Morgan fingerprint density at radius 3 is 2.44 bits per heavy atom. The Labute approximate surface area is 147 Å². The maximum absolute atomic E-state index is 13.2. The summed E-state index contributed by atoms with van der Waals surface area (Å²) in [5.74, 6) is 0.443. The van der Waals surface area contributed by atoms with Gasteiger partial charge in [-0.1, -0.05) is 18.2 Å². The van der Waals surface area contributed by atoms with Crippen LogP contribution in [0.4, 0.5) is 11.4 Å². The van der Waals surface area contributed by atoms with Gasteiger partial charge in [0, 0.05) is 18.7 Å². The van der Waals surface area contributed by atoms with Gasteiger partial charge in [0.05, 0.1) is 22.1 Å². The number of nitro benzene ring substituents is 1. The lowest BCUT2D eigenvalue weighted by molar-refractivity contribution is -0.385. The topological polar surface area (TPSA) is 89.8 Å². The summed E-state index contributed by atoms with van der Waals surface area (Å²) >= 11 is 0. The second kappa shape index (κ2) is 7.52. The van der Waals surface area contributed by atoms with E-state index in [1.54, 1.807) is 38.1 Å². The molecular formula is C17H20N2O5S. The van der Waals surface area contributed by atoms with E-state index < -0.39 is 14.9 Å². The predicted octanol–water partition coefficient (Wildman–Crippen LogP) is 3.52. The van der Waals surface area contributed by atoms with E-state index in [0.717, 1.165) is 6.07 Å². The third-order valence-corrected chi connectivity index (χ3v) is 5.70. The molecular weight excluding hydrogens is 344 g/mol. The molecule has 0 aliphatic rings. The number of sulfonamides is 1. The van der Waals surface area contributed by atoms with Crippen molar-refractivity contribution in [3.63, 3.8) is 0 Å². The van der Waals surface area contributed by atoms with Gasteiger partial charge in [0.1, 0.15) is 5.75 Å². The quantitative estimate of drug-likeness (QED) is 0.554. The minimum atomic E-state index is -3.98. The molecule has 0 saturated carbocycles. The van der Waals surface area contributed by atoms with Crippen molar-refractivity contribution in [3.05, 3.63) is 58.1 Å². The summed E-state index contributed by atoms with van der Waals surface area (Å²) in [4.78, 5) is 10.3. The van der Waals surface area contributed by atoms with E-state index in [2.05, 4.69) is 0 Å². The normalized spacial score (nSPS) is 11.2. The number of nitro groups is 1. The predicted molar refractivity (Wildman–Crippen MR) is 95.7 cm³/mol. The van der Waals surface area contributed by atoms with E-state index in [-0.39, 0.29) is 17.1 Å². The Balaban J connectivity index is 2.61. The van der Waals surface area contributed by atoms with Gasteiger partial charge in [-0.2, -0.15) is 0 Å². The monoisotopic (exact) mass is 364 g/mol. The Bertz CT molecular complexity index is 880.